The molecule has 1 aromatic heterocycles. The standard InChI is InChI=1S/C18H22N2OS/c1-3-4-11-19-18(21)16-9-10-17(22-16)20-13(2)12-14-7-5-6-8-15(14)20/h5-10,13H,3-4,11-12H2,1-2H3,(H,19,21)/t13-/m0/s1. The molecule has 2 heterocycles. The van der Waals surface area contributed by atoms with Gasteiger partial charge in [0.05, 0.1) is 9.88 Å². The molecule has 0 spiro atoms. The second-order valence-electron chi connectivity index (χ2n) is 5.80. The molecule has 3 nitrogen and oxygen atoms in total. The normalized spacial score (nSPS) is 16.6. The van der Waals surface area contributed by atoms with E-state index < -0.39 is 0 Å². The van der Waals surface area contributed by atoms with Crippen LogP contribution in [0.15, 0.2) is 36.4 Å². The highest BCUT2D eigenvalue weighted by molar-refractivity contribution is 7.18. The van der Waals surface area contributed by atoms with Crippen LogP contribution in [0.1, 0.15) is 41.9 Å². The number of nitrogens with one attached hydrogen (secondary N) is 1. The smallest absolute Gasteiger partial charge is 0.261 e. The molecule has 3 rings (SSSR count). The molecule has 4 heteroatoms. The summed E-state index contributed by atoms with van der Waals surface area (Å²) in [5.74, 6) is 0.0461. The van der Waals surface area contributed by atoms with Crippen LogP contribution in [-0.4, -0.2) is 18.5 Å². The molecule has 1 amide bonds. The predicted octanol–water partition coefficient (Wildman–Crippen LogP) is 4.36. The summed E-state index contributed by atoms with van der Waals surface area (Å²) in [7, 11) is 0. The number of amides is 1. The summed E-state index contributed by atoms with van der Waals surface area (Å²) in [5, 5.41) is 4.14. The number of thiophene rings is 1. The maximum Gasteiger partial charge on any atom is 0.261 e. The van der Waals surface area contributed by atoms with Gasteiger partial charge in [-0.25, -0.2) is 0 Å². The Morgan fingerprint density at radius 1 is 1.32 bits per heavy atom. The summed E-state index contributed by atoms with van der Waals surface area (Å²) in [6.07, 6.45) is 3.19. The number of hydrogen-bond acceptors (Lipinski definition) is 3. The fourth-order valence-corrected chi connectivity index (χ4v) is 3.99. The van der Waals surface area contributed by atoms with Crippen molar-refractivity contribution in [3.63, 3.8) is 0 Å². The lowest BCUT2D eigenvalue weighted by Crippen LogP contribution is -2.24. The van der Waals surface area contributed by atoms with Gasteiger partial charge in [0.15, 0.2) is 0 Å². The molecule has 1 N–H and O–H groups in total. The summed E-state index contributed by atoms with van der Waals surface area (Å²) in [6.45, 7) is 5.12. The molecule has 0 aliphatic carbocycles. The molecule has 116 valence electrons. The van der Waals surface area contributed by atoms with Crippen LogP contribution in [0.3, 0.4) is 0 Å². The molecule has 0 unspecified atom stereocenters. The minimum atomic E-state index is 0.0461. The second-order valence-corrected chi connectivity index (χ2v) is 6.86. The number of para-hydroxylation sites is 1. The molecule has 0 saturated carbocycles. The minimum absolute atomic E-state index is 0.0461. The van der Waals surface area contributed by atoms with E-state index in [0.717, 1.165) is 35.7 Å². The van der Waals surface area contributed by atoms with Crippen molar-refractivity contribution in [2.24, 2.45) is 0 Å². The van der Waals surface area contributed by atoms with Crippen LogP contribution in [-0.2, 0) is 6.42 Å². The molecule has 2 aromatic rings. The van der Waals surface area contributed by atoms with Gasteiger partial charge >= 0.3 is 0 Å². The van der Waals surface area contributed by atoms with Crippen LogP contribution in [0, 0.1) is 0 Å². The Labute approximate surface area is 136 Å². The average molecular weight is 314 g/mol. The number of fused-ring (bicyclic) bond motifs is 1. The number of carbonyl (C=O) groups is 1. The van der Waals surface area contributed by atoms with Crippen LogP contribution in [0.25, 0.3) is 0 Å². The van der Waals surface area contributed by atoms with Crippen LogP contribution < -0.4 is 10.2 Å². The zero-order chi connectivity index (χ0) is 15.5. The molecule has 0 bridgehead atoms. The van der Waals surface area contributed by atoms with Crippen LogP contribution in [0.4, 0.5) is 10.7 Å². The molecule has 0 radical (unpaired) electrons. The van der Waals surface area contributed by atoms with E-state index in [0.29, 0.717) is 6.04 Å². The van der Waals surface area contributed by atoms with Crippen molar-refractivity contribution in [1.82, 2.24) is 5.32 Å². The van der Waals surface area contributed by atoms with E-state index in [-0.39, 0.29) is 5.91 Å². The average Bonchev–Trinajstić information content (AvgIpc) is 3.10. The van der Waals surface area contributed by atoms with Crippen molar-refractivity contribution >= 4 is 27.9 Å². The largest absolute Gasteiger partial charge is 0.351 e. The third-order valence-electron chi connectivity index (χ3n) is 4.08. The molecule has 1 atom stereocenters. The molecule has 1 aliphatic rings. The van der Waals surface area contributed by atoms with E-state index in [1.54, 1.807) is 11.3 Å². The summed E-state index contributed by atoms with van der Waals surface area (Å²) < 4.78 is 0. The summed E-state index contributed by atoms with van der Waals surface area (Å²) >= 11 is 1.58. The van der Waals surface area contributed by atoms with Crippen LogP contribution >= 0.6 is 11.3 Å². The van der Waals surface area contributed by atoms with E-state index in [1.807, 2.05) is 6.07 Å². The van der Waals surface area contributed by atoms with Crippen LogP contribution in [0.5, 0.6) is 0 Å². The van der Waals surface area contributed by atoms with Crippen molar-refractivity contribution in [1.29, 1.82) is 0 Å². The van der Waals surface area contributed by atoms with Crippen molar-refractivity contribution < 1.29 is 4.79 Å². The Bertz CT molecular complexity index is 665. The fourth-order valence-electron chi connectivity index (χ4n) is 2.95. The Morgan fingerprint density at radius 2 is 2.14 bits per heavy atom. The number of nitrogens with zero attached hydrogens (tertiary/aromatic N) is 1. The SMILES string of the molecule is CCCCNC(=O)c1ccc(N2c3ccccc3C[C@@H]2C)s1. The number of hydrogen-bond donors (Lipinski definition) is 1. The van der Waals surface area contributed by atoms with Gasteiger partial charge in [-0.05, 0) is 43.5 Å². The zero-order valence-corrected chi connectivity index (χ0v) is 14.0. The topological polar surface area (TPSA) is 32.3 Å². The third kappa shape index (κ3) is 2.88. The number of rotatable bonds is 5. The van der Waals surface area contributed by atoms with Gasteiger partial charge in [-0.15, -0.1) is 11.3 Å². The Balaban J connectivity index is 1.78. The van der Waals surface area contributed by atoms with E-state index in [9.17, 15) is 4.79 Å². The van der Waals surface area contributed by atoms with Crippen molar-refractivity contribution in [2.45, 2.75) is 39.2 Å². The van der Waals surface area contributed by atoms with E-state index in [1.165, 1.54) is 11.3 Å². The lowest BCUT2D eigenvalue weighted by atomic mass is 10.1. The third-order valence-corrected chi connectivity index (χ3v) is 5.16. The van der Waals surface area contributed by atoms with Gasteiger partial charge in [-0.1, -0.05) is 31.5 Å². The van der Waals surface area contributed by atoms with E-state index >= 15 is 0 Å². The van der Waals surface area contributed by atoms with Gasteiger partial charge in [-0.3, -0.25) is 4.79 Å². The summed E-state index contributed by atoms with van der Waals surface area (Å²) in [6, 6.07) is 13.0. The molecule has 0 fully saturated rings. The Hall–Kier alpha value is -1.81. The van der Waals surface area contributed by atoms with Crippen molar-refractivity contribution in [2.75, 3.05) is 11.4 Å². The van der Waals surface area contributed by atoms with Gasteiger partial charge in [0, 0.05) is 18.3 Å². The summed E-state index contributed by atoms with van der Waals surface area (Å²) in [5.41, 5.74) is 2.66. The van der Waals surface area contributed by atoms with Gasteiger partial charge < -0.3 is 10.2 Å². The number of benzene rings is 1. The molecule has 22 heavy (non-hydrogen) atoms. The monoisotopic (exact) mass is 314 g/mol. The van der Waals surface area contributed by atoms with E-state index in [2.05, 4.69) is 54.4 Å². The first kappa shape index (κ1) is 15.1. The van der Waals surface area contributed by atoms with Gasteiger partial charge in [0.1, 0.15) is 0 Å². The Morgan fingerprint density at radius 3 is 2.95 bits per heavy atom. The number of carbonyl (C=O) groups excluding carboxylic acids is 1. The highest BCUT2D eigenvalue weighted by Crippen LogP contribution is 2.41. The van der Waals surface area contributed by atoms with Gasteiger partial charge in [-0.2, -0.15) is 0 Å². The van der Waals surface area contributed by atoms with Crippen molar-refractivity contribution in [3.8, 4) is 0 Å². The number of unbranched alkanes of at least 4 members (excludes halogenated alkanes) is 1. The van der Waals surface area contributed by atoms with Gasteiger partial charge in [0.2, 0.25) is 0 Å². The highest BCUT2D eigenvalue weighted by Gasteiger charge is 2.28. The van der Waals surface area contributed by atoms with Crippen molar-refractivity contribution in [3.05, 3.63) is 46.8 Å². The lowest BCUT2D eigenvalue weighted by Gasteiger charge is -2.22. The highest BCUT2D eigenvalue weighted by atomic mass is 32.1. The molecule has 0 saturated heterocycles. The molecular formula is C18H22N2OS. The maximum atomic E-state index is 12.2. The first-order chi connectivity index (χ1) is 10.7. The second kappa shape index (κ2) is 6.53. The molecular weight excluding hydrogens is 292 g/mol. The number of anilines is 2. The first-order valence-corrected chi connectivity index (χ1v) is 8.77. The van der Waals surface area contributed by atoms with Crippen LogP contribution in [0.2, 0.25) is 0 Å². The van der Waals surface area contributed by atoms with Gasteiger partial charge in [0.25, 0.3) is 5.91 Å². The molecule has 1 aliphatic heterocycles. The predicted molar refractivity (Wildman–Crippen MR) is 93.3 cm³/mol. The summed E-state index contributed by atoms with van der Waals surface area (Å²) in [4.78, 5) is 15.3. The Kier molecular flexibility index (Phi) is 4.48. The lowest BCUT2D eigenvalue weighted by molar-refractivity contribution is 0.0957. The maximum absolute atomic E-state index is 12.2. The minimum Gasteiger partial charge on any atom is -0.351 e. The molecule has 1 aromatic carbocycles. The zero-order valence-electron chi connectivity index (χ0n) is 13.1. The quantitative estimate of drug-likeness (QED) is 0.832. The fraction of sp³-hybridized carbons (Fsp3) is 0.389. The first-order valence-electron chi connectivity index (χ1n) is 7.96. The van der Waals surface area contributed by atoms with E-state index in [4.69, 9.17) is 0 Å².